The largest absolute Gasteiger partial charge is 0.367 e. The van der Waals surface area contributed by atoms with Gasteiger partial charge in [0, 0.05) is 17.5 Å². The Hall–Kier alpha value is -0.830. The fourth-order valence-corrected chi connectivity index (χ4v) is 2.96. The van der Waals surface area contributed by atoms with Gasteiger partial charge in [-0.3, -0.25) is 0 Å². The topological polar surface area (TPSA) is 37.8 Å². The zero-order valence-electron chi connectivity index (χ0n) is 13.0. The lowest BCUT2D eigenvalue weighted by Gasteiger charge is -2.25. The molecular weight excluding hydrogens is 270 g/mol. The number of hydrogen-bond acceptors (Lipinski definition) is 3. The molecule has 2 atom stereocenters. The second kappa shape index (κ2) is 6.75. The summed E-state index contributed by atoms with van der Waals surface area (Å²) in [7, 11) is 0. The average Bonchev–Trinajstić information content (AvgIpc) is 2.60. The van der Waals surface area contributed by atoms with Gasteiger partial charge in [0.1, 0.15) is 16.8 Å². The Morgan fingerprint density at radius 3 is 2.55 bits per heavy atom. The summed E-state index contributed by atoms with van der Waals surface area (Å²) in [6.45, 7) is 8.53. The van der Waals surface area contributed by atoms with Gasteiger partial charge in [0.15, 0.2) is 0 Å². The maximum absolute atomic E-state index is 6.26. The highest BCUT2D eigenvalue weighted by Crippen LogP contribution is 2.28. The van der Waals surface area contributed by atoms with Gasteiger partial charge in [-0.05, 0) is 25.7 Å². The van der Waals surface area contributed by atoms with Crippen molar-refractivity contribution in [3.05, 3.63) is 16.5 Å². The van der Waals surface area contributed by atoms with Gasteiger partial charge in [-0.1, -0.05) is 51.6 Å². The van der Waals surface area contributed by atoms with Crippen molar-refractivity contribution >= 4 is 17.4 Å². The second-order valence-corrected chi connectivity index (χ2v) is 6.73. The summed E-state index contributed by atoms with van der Waals surface area (Å²) in [5.74, 6) is 2.73. The van der Waals surface area contributed by atoms with E-state index in [-0.39, 0.29) is 0 Å². The van der Waals surface area contributed by atoms with Crippen molar-refractivity contribution in [3.8, 4) is 0 Å². The minimum Gasteiger partial charge on any atom is -0.367 e. The van der Waals surface area contributed by atoms with E-state index >= 15 is 0 Å². The molecule has 2 rings (SSSR count). The highest BCUT2D eigenvalue weighted by atomic mass is 35.5. The van der Waals surface area contributed by atoms with Gasteiger partial charge in [-0.25, -0.2) is 9.97 Å². The number of rotatable bonds is 3. The number of hydrogen-bond donors (Lipinski definition) is 1. The van der Waals surface area contributed by atoms with Crippen LogP contribution in [0.25, 0.3) is 0 Å². The van der Waals surface area contributed by atoms with E-state index < -0.39 is 0 Å². The first kappa shape index (κ1) is 15.6. The van der Waals surface area contributed by atoms with Gasteiger partial charge < -0.3 is 5.32 Å². The summed E-state index contributed by atoms with van der Waals surface area (Å²) in [4.78, 5) is 9.06. The first-order valence-electron chi connectivity index (χ1n) is 7.79. The molecule has 0 radical (unpaired) electrons. The van der Waals surface area contributed by atoms with Crippen LogP contribution in [0.5, 0.6) is 0 Å². The van der Waals surface area contributed by atoms with Gasteiger partial charge in [0.25, 0.3) is 0 Å². The molecule has 1 aliphatic rings. The van der Waals surface area contributed by atoms with Crippen LogP contribution in [0.15, 0.2) is 0 Å². The Kier molecular flexibility index (Phi) is 5.25. The van der Waals surface area contributed by atoms with Crippen LogP contribution in [-0.4, -0.2) is 16.0 Å². The van der Waals surface area contributed by atoms with Gasteiger partial charge >= 0.3 is 0 Å². The normalized spacial score (nSPS) is 23.7. The number of nitrogens with zero attached hydrogens (tertiary/aromatic N) is 2. The fourth-order valence-electron chi connectivity index (χ4n) is 2.79. The standard InChI is InChI=1S/C16H26ClN3/c1-10(2)15-19-14(17)12(4)16(20-15)18-13-9-7-5-6-8-11(13)3/h10-11,13H,5-9H2,1-4H3,(H,18,19,20). The predicted octanol–water partition coefficient (Wildman–Crippen LogP) is 4.94. The van der Waals surface area contributed by atoms with Crippen LogP contribution in [0.3, 0.4) is 0 Å². The van der Waals surface area contributed by atoms with E-state index in [0.29, 0.717) is 23.0 Å². The molecule has 1 saturated carbocycles. The SMILES string of the molecule is Cc1c(Cl)nc(C(C)C)nc1NC1CCCCCC1C. The molecular formula is C16H26ClN3. The summed E-state index contributed by atoms with van der Waals surface area (Å²) in [6, 6.07) is 0.502. The summed E-state index contributed by atoms with van der Waals surface area (Å²) >= 11 is 6.26. The van der Waals surface area contributed by atoms with Crippen molar-refractivity contribution in [2.24, 2.45) is 5.92 Å². The molecule has 2 unspecified atom stereocenters. The van der Waals surface area contributed by atoms with Crippen molar-refractivity contribution in [3.63, 3.8) is 0 Å². The molecule has 3 nitrogen and oxygen atoms in total. The smallest absolute Gasteiger partial charge is 0.137 e. The molecule has 0 bridgehead atoms. The molecule has 1 aromatic heterocycles. The lowest BCUT2D eigenvalue weighted by atomic mass is 9.97. The van der Waals surface area contributed by atoms with Crippen molar-refractivity contribution in [2.45, 2.75) is 71.8 Å². The van der Waals surface area contributed by atoms with E-state index in [2.05, 4.69) is 36.1 Å². The van der Waals surface area contributed by atoms with E-state index in [4.69, 9.17) is 11.6 Å². The summed E-state index contributed by atoms with van der Waals surface area (Å²) in [6.07, 6.45) is 6.52. The van der Waals surface area contributed by atoms with E-state index in [9.17, 15) is 0 Å². The molecule has 1 aliphatic carbocycles. The molecule has 1 aromatic rings. The fraction of sp³-hybridized carbons (Fsp3) is 0.750. The van der Waals surface area contributed by atoms with E-state index in [1.54, 1.807) is 0 Å². The Balaban J connectivity index is 2.23. The van der Waals surface area contributed by atoms with Crippen molar-refractivity contribution in [2.75, 3.05) is 5.32 Å². The Labute approximate surface area is 127 Å². The van der Waals surface area contributed by atoms with Crippen LogP contribution in [0, 0.1) is 12.8 Å². The molecule has 20 heavy (non-hydrogen) atoms. The molecule has 0 aliphatic heterocycles. The second-order valence-electron chi connectivity index (χ2n) is 6.37. The van der Waals surface area contributed by atoms with Crippen molar-refractivity contribution in [1.29, 1.82) is 0 Å². The van der Waals surface area contributed by atoms with E-state index in [0.717, 1.165) is 17.2 Å². The molecule has 0 aromatic carbocycles. The third kappa shape index (κ3) is 3.63. The lowest BCUT2D eigenvalue weighted by Crippen LogP contribution is -2.27. The van der Waals surface area contributed by atoms with Gasteiger partial charge in [0.05, 0.1) is 0 Å². The van der Waals surface area contributed by atoms with Gasteiger partial charge in [-0.2, -0.15) is 0 Å². The number of anilines is 1. The average molecular weight is 296 g/mol. The minimum absolute atomic E-state index is 0.292. The van der Waals surface area contributed by atoms with Crippen molar-refractivity contribution < 1.29 is 0 Å². The Bertz CT molecular complexity index is 459. The van der Waals surface area contributed by atoms with Crippen LogP contribution in [-0.2, 0) is 0 Å². The number of aromatic nitrogens is 2. The summed E-state index contributed by atoms with van der Waals surface area (Å²) < 4.78 is 0. The molecule has 4 heteroatoms. The number of nitrogens with one attached hydrogen (secondary N) is 1. The van der Waals surface area contributed by atoms with Crippen LogP contribution < -0.4 is 5.32 Å². The zero-order valence-corrected chi connectivity index (χ0v) is 13.8. The van der Waals surface area contributed by atoms with Crippen LogP contribution in [0.1, 0.15) is 70.2 Å². The molecule has 1 heterocycles. The molecule has 0 saturated heterocycles. The van der Waals surface area contributed by atoms with Crippen LogP contribution >= 0.6 is 11.6 Å². The third-order valence-electron chi connectivity index (χ3n) is 4.30. The molecule has 1 N–H and O–H groups in total. The first-order valence-corrected chi connectivity index (χ1v) is 8.17. The quantitative estimate of drug-likeness (QED) is 0.634. The summed E-state index contributed by atoms with van der Waals surface area (Å²) in [5.41, 5.74) is 0.965. The van der Waals surface area contributed by atoms with Crippen LogP contribution in [0.4, 0.5) is 5.82 Å². The highest BCUT2D eigenvalue weighted by molar-refractivity contribution is 6.30. The number of halogens is 1. The minimum atomic E-state index is 0.292. The maximum atomic E-state index is 6.26. The van der Waals surface area contributed by atoms with Gasteiger partial charge in [0.2, 0.25) is 0 Å². The monoisotopic (exact) mass is 295 g/mol. The van der Waals surface area contributed by atoms with Crippen molar-refractivity contribution in [1.82, 2.24) is 9.97 Å². The zero-order chi connectivity index (χ0) is 14.7. The third-order valence-corrected chi connectivity index (χ3v) is 4.67. The molecule has 0 spiro atoms. The van der Waals surface area contributed by atoms with E-state index in [1.165, 1.54) is 32.1 Å². The Morgan fingerprint density at radius 2 is 1.85 bits per heavy atom. The lowest BCUT2D eigenvalue weighted by molar-refractivity contribution is 0.455. The van der Waals surface area contributed by atoms with Crippen LogP contribution in [0.2, 0.25) is 5.15 Å². The van der Waals surface area contributed by atoms with E-state index in [1.807, 2.05) is 6.92 Å². The highest BCUT2D eigenvalue weighted by Gasteiger charge is 2.22. The molecule has 0 amide bonds. The molecule has 1 fully saturated rings. The summed E-state index contributed by atoms with van der Waals surface area (Å²) in [5, 5.41) is 4.22. The first-order chi connectivity index (χ1) is 9.49. The molecule has 112 valence electrons. The Morgan fingerprint density at radius 1 is 1.15 bits per heavy atom. The predicted molar refractivity (Wildman–Crippen MR) is 85.5 cm³/mol. The maximum Gasteiger partial charge on any atom is 0.137 e. The van der Waals surface area contributed by atoms with Gasteiger partial charge in [-0.15, -0.1) is 0 Å².